The minimum atomic E-state index is 0.743. The first-order valence-corrected chi connectivity index (χ1v) is 18.0. The lowest BCUT2D eigenvalue weighted by Gasteiger charge is -2.30. The number of thioether (sulfide) groups is 2. The molecule has 6 bridgehead atoms. The first-order chi connectivity index (χ1) is 16.2. The Kier molecular flexibility index (Phi) is 8.26. The Labute approximate surface area is 223 Å². The van der Waals surface area contributed by atoms with Gasteiger partial charge in [-0.25, -0.2) is 0 Å². The van der Waals surface area contributed by atoms with E-state index in [4.69, 9.17) is 12.6 Å². The number of hydrogen-bond acceptors (Lipinski definition) is 4. The van der Waals surface area contributed by atoms with E-state index < -0.39 is 0 Å². The zero-order valence-electron chi connectivity index (χ0n) is 20.7. The normalized spacial score (nSPS) is 49.6. The lowest BCUT2D eigenvalue weighted by molar-refractivity contribution is 0.249. The summed E-state index contributed by atoms with van der Waals surface area (Å²) in [5.74, 6) is 16.1. The maximum absolute atomic E-state index is 4.79. The fraction of sp³-hybridized carbons (Fsp3) is 1.00. The van der Waals surface area contributed by atoms with Crippen LogP contribution in [0.3, 0.4) is 0 Å². The van der Waals surface area contributed by atoms with E-state index >= 15 is 0 Å². The summed E-state index contributed by atoms with van der Waals surface area (Å²) in [7, 11) is 0. The maximum Gasteiger partial charge on any atom is 0.00782 e. The van der Waals surface area contributed by atoms with Gasteiger partial charge < -0.3 is 0 Å². The summed E-state index contributed by atoms with van der Waals surface area (Å²) < 4.78 is 0. The monoisotopic (exact) mass is 524 g/mol. The maximum atomic E-state index is 4.79. The summed E-state index contributed by atoms with van der Waals surface area (Å²) in [5.41, 5.74) is 0. The molecule has 0 aromatic carbocycles. The Morgan fingerprint density at radius 3 is 1.58 bits per heavy atom. The molecule has 0 amide bonds. The predicted molar refractivity (Wildman–Crippen MR) is 155 cm³/mol. The van der Waals surface area contributed by atoms with Crippen LogP contribution in [-0.4, -0.2) is 33.5 Å². The summed E-state index contributed by atoms with van der Waals surface area (Å²) in [6, 6.07) is 0. The lowest BCUT2D eigenvalue weighted by Crippen LogP contribution is -2.22. The molecule has 0 saturated heterocycles. The van der Waals surface area contributed by atoms with Gasteiger partial charge in [-0.2, -0.15) is 48.8 Å². The molecule has 0 heterocycles. The van der Waals surface area contributed by atoms with Crippen LogP contribution in [0.25, 0.3) is 0 Å². The van der Waals surface area contributed by atoms with Crippen LogP contribution in [0.15, 0.2) is 0 Å². The number of thiol groups is 2. The van der Waals surface area contributed by atoms with Gasteiger partial charge in [0.05, 0.1) is 0 Å². The van der Waals surface area contributed by atoms with E-state index in [2.05, 4.69) is 36.2 Å². The van der Waals surface area contributed by atoms with Gasteiger partial charge in [0.1, 0.15) is 0 Å². The highest BCUT2D eigenvalue weighted by atomic mass is 32.2. The second-order valence-corrected chi connectivity index (χ2v) is 16.9. The van der Waals surface area contributed by atoms with Crippen LogP contribution in [0.5, 0.6) is 0 Å². The molecule has 0 N–H and O–H groups in total. The second kappa shape index (κ2) is 11.0. The van der Waals surface area contributed by atoms with Gasteiger partial charge in [0.2, 0.25) is 0 Å². The van der Waals surface area contributed by atoms with Crippen molar-refractivity contribution in [1.82, 2.24) is 0 Å². The van der Waals surface area contributed by atoms with Crippen molar-refractivity contribution in [2.45, 2.75) is 94.0 Å². The average Bonchev–Trinajstić information content (AvgIpc) is 3.62. The first kappa shape index (κ1) is 24.7. The van der Waals surface area contributed by atoms with Gasteiger partial charge in [0.25, 0.3) is 0 Å². The van der Waals surface area contributed by atoms with Gasteiger partial charge in [0.15, 0.2) is 0 Å². The molecule has 0 spiro atoms. The summed E-state index contributed by atoms with van der Waals surface area (Å²) in [4.78, 5) is 0. The average molecular weight is 525 g/mol. The Morgan fingerprint density at radius 1 is 0.515 bits per heavy atom. The van der Waals surface area contributed by atoms with Gasteiger partial charge in [-0.1, -0.05) is 0 Å². The molecule has 6 aliphatic carbocycles. The third kappa shape index (κ3) is 5.36. The van der Waals surface area contributed by atoms with Crippen molar-refractivity contribution in [2.75, 3.05) is 23.0 Å². The van der Waals surface area contributed by atoms with Crippen LogP contribution >= 0.6 is 48.8 Å². The SMILES string of the molecule is SCCC1CC2CC1CC2SCCC1CC2CC1CC2CCSCCC1CC2CC1CC2S. The van der Waals surface area contributed by atoms with Gasteiger partial charge in [0, 0.05) is 10.5 Å². The standard InChI is InChI=1S/C29H48S4/c30-5-1-18-12-27-15-25(18)17-29(27)33-8-4-21-10-22-13-23(21)9-19(22)2-6-32-7-3-20-11-26-14-24(20)16-28(26)31/h18-31H,1-17H2. The molecule has 6 saturated carbocycles. The van der Waals surface area contributed by atoms with Crippen molar-refractivity contribution < 1.29 is 0 Å². The first-order valence-electron chi connectivity index (χ1n) is 14.7. The molecule has 6 fully saturated rings. The number of fused-ring (bicyclic) bond motifs is 6. The van der Waals surface area contributed by atoms with Crippen LogP contribution in [0.1, 0.15) is 83.5 Å². The topological polar surface area (TPSA) is 0 Å². The number of rotatable bonds is 12. The third-order valence-electron chi connectivity index (χ3n) is 11.6. The Hall–Kier alpha value is 1.40. The highest BCUT2D eigenvalue weighted by Crippen LogP contribution is 2.56. The highest BCUT2D eigenvalue weighted by molar-refractivity contribution is 8.00. The van der Waals surface area contributed by atoms with Crippen molar-refractivity contribution in [3.05, 3.63) is 0 Å². The largest absolute Gasteiger partial charge is 0.179 e. The zero-order valence-corrected chi connectivity index (χ0v) is 24.1. The van der Waals surface area contributed by atoms with Gasteiger partial charge in [-0.15, -0.1) is 0 Å². The minimum Gasteiger partial charge on any atom is -0.179 e. The predicted octanol–water partition coefficient (Wildman–Crippen LogP) is 8.36. The Morgan fingerprint density at radius 2 is 1.03 bits per heavy atom. The summed E-state index contributed by atoms with van der Waals surface area (Å²) >= 11 is 14.0. The van der Waals surface area contributed by atoms with Crippen LogP contribution in [-0.2, 0) is 0 Å². The molecular formula is C29H48S4. The molecule has 6 aliphatic rings. The fourth-order valence-corrected chi connectivity index (χ4v) is 13.6. The van der Waals surface area contributed by atoms with Gasteiger partial charge in [-0.05, 0) is 166 Å². The third-order valence-corrected chi connectivity index (χ3v) is 15.1. The van der Waals surface area contributed by atoms with Crippen LogP contribution in [0.2, 0.25) is 0 Å². The highest BCUT2D eigenvalue weighted by Gasteiger charge is 2.47. The molecule has 0 radical (unpaired) electrons. The van der Waals surface area contributed by atoms with Crippen molar-refractivity contribution in [1.29, 1.82) is 0 Å². The minimum absolute atomic E-state index is 0.743. The molecule has 6 rings (SSSR count). The van der Waals surface area contributed by atoms with Gasteiger partial charge >= 0.3 is 0 Å². The molecule has 0 aromatic heterocycles. The Bertz CT molecular complexity index is 652. The van der Waals surface area contributed by atoms with E-state index in [1.807, 2.05) is 0 Å². The molecule has 12 atom stereocenters. The summed E-state index contributed by atoms with van der Waals surface area (Å²) in [6.45, 7) is 0. The van der Waals surface area contributed by atoms with Crippen molar-refractivity contribution in [3.63, 3.8) is 0 Å². The molecular weight excluding hydrogens is 477 g/mol. The zero-order chi connectivity index (χ0) is 22.4. The van der Waals surface area contributed by atoms with E-state index in [9.17, 15) is 0 Å². The van der Waals surface area contributed by atoms with E-state index in [0.717, 1.165) is 75.4 Å². The number of hydrogen-bond donors (Lipinski definition) is 2. The van der Waals surface area contributed by atoms with Gasteiger partial charge in [-0.3, -0.25) is 0 Å². The molecule has 0 nitrogen and oxygen atoms in total. The van der Waals surface area contributed by atoms with E-state index in [1.54, 1.807) is 32.1 Å². The van der Waals surface area contributed by atoms with Crippen LogP contribution in [0, 0.1) is 59.2 Å². The van der Waals surface area contributed by atoms with Crippen LogP contribution < -0.4 is 0 Å². The van der Waals surface area contributed by atoms with E-state index in [1.165, 1.54) is 68.6 Å². The Balaban J connectivity index is 0.824. The second-order valence-electron chi connectivity index (χ2n) is 13.2. The fourth-order valence-electron chi connectivity index (χ4n) is 9.95. The van der Waals surface area contributed by atoms with E-state index in [-0.39, 0.29) is 0 Å². The molecule has 33 heavy (non-hydrogen) atoms. The smallest absolute Gasteiger partial charge is 0.00782 e. The summed E-state index contributed by atoms with van der Waals surface area (Å²) in [6.07, 6.45) is 19.8. The van der Waals surface area contributed by atoms with Crippen LogP contribution in [0.4, 0.5) is 0 Å². The molecule has 188 valence electrons. The van der Waals surface area contributed by atoms with Crippen molar-refractivity contribution in [3.8, 4) is 0 Å². The summed E-state index contributed by atoms with van der Waals surface area (Å²) in [5, 5.41) is 1.76. The van der Waals surface area contributed by atoms with Crippen molar-refractivity contribution >= 4 is 48.8 Å². The van der Waals surface area contributed by atoms with E-state index in [0.29, 0.717) is 0 Å². The molecule has 4 heteroatoms. The molecule has 0 aliphatic heterocycles. The molecule has 0 aromatic rings. The lowest BCUT2D eigenvalue weighted by atomic mass is 9.80. The quantitative estimate of drug-likeness (QED) is 0.194. The van der Waals surface area contributed by atoms with Crippen molar-refractivity contribution in [2.24, 2.45) is 59.2 Å². The molecule has 12 unspecified atom stereocenters.